The zero-order valence-electron chi connectivity index (χ0n) is 13.0. The number of aliphatic imine (C=N–C) groups is 1. The molecule has 126 valence electrons. The number of rotatable bonds is 4. The van der Waals surface area contributed by atoms with Crippen LogP contribution in [0.3, 0.4) is 0 Å². The molecule has 0 bridgehead atoms. The van der Waals surface area contributed by atoms with Crippen LogP contribution >= 0.6 is 11.6 Å². The number of nitrogens with one attached hydrogen (secondary N) is 1. The van der Waals surface area contributed by atoms with E-state index in [1.165, 1.54) is 6.21 Å². The van der Waals surface area contributed by atoms with Crippen LogP contribution in [0.15, 0.2) is 69.2 Å². The Morgan fingerprint density at radius 1 is 1.08 bits per heavy atom. The van der Waals surface area contributed by atoms with E-state index in [9.17, 15) is 14.7 Å². The number of H-pyrrole nitrogens is 1. The molecule has 2 N–H and O–H groups in total. The number of aromatic hydroxyl groups is 1. The van der Waals surface area contributed by atoms with Crippen molar-refractivity contribution in [1.29, 1.82) is 0 Å². The second-order valence-electron chi connectivity index (χ2n) is 5.27. The van der Waals surface area contributed by atoms with Crippen LogP contribution in [0.5, 0.6) is 5.88 Å². The highest BCUT2D eigenvalue weighted by Gasteiger charge is 2.14. The predicted octanol–water partition coefficient (Wildman–Crippen LogP) is 2.69. The third-order valence-corrected chi connectivity index (χ3v) is 3.96. The fourth-order valence-corrected chi connectivity index (χ4v) is 2.48. The van der Waals surface area contributed by atoms with E-state index in [2.05, 4.69) is 9.98 Å². The van der Waals surface area contributed by atoms with Gasteiger partial charge in [-0.3, -0.25) is 19.3 Å². The van der Waals surface area contributed by atoms with Crippen molar-refractivity contribution in [2.75, 3.05) is 0 Å². The van der Waals surface area contributed by atoms with Gasteiger partial charge in [-0.05, 0) is 23.8 Å². The van der Waals surface area contributed by atoms with Crippen LogP contribution in [0.2, 0.25) is 5.02 Å². The Bertz CT molecular complexity index is 1040. The van der Waals surface area contributed by atoms with Crippen LogP contribution in [0.4, 0.5) is 5.69 Å². The third-order valence-electron chi connectivity index (χ3n) is 3.59. The molecule has 7 heteroatoms. The van der Waals surface area contributed by atoms with Crippen molar-refractivity contribution in [3.05, 3.63) is 91.6 Å². The Morgan fingerprint density at radius 3 is 2.48 bits per heavy atom. The minimum Gasteiger partial charge on any atom is -0.494 e. The van der Waals surface area contributed by atoms with E-state index >= 15 is 0 Å². The predicted molar refractivity (Wildman–Crippen MR) is 97.2 cm³/mol. The molecular formula is C18H14ClN3O3. The van der Waals surface area contributed by atoms with Gasteiger partial charge in [0.05, 0.1) is 12.2 Å². The number of hydrogen-bond donors (Lipinski definition) is 2. The van der Waals surface area contributed by atoms with Gasteiger partial charge in [0.25, 0.3) is 5.56 Å². The summed E-state index contributed by atoms with van der Waals surface area (Å²) in [7, 11) is 0. The van der Waals surface area contributed by atoms with Gasteiger partial charge in [0.2, 0.25) is 5.88 Å². The van der Waals surface area contributed by atoms with Crippen molar-refractivity contribution >= 4 is 23.5 Å². The van der Waals surface area contributed by atoms with E-state index in [-0.39, 0.29) is 12.1 Å². The summed E-state index contributed by atoms with van der Waals surface area (Å²) in [6.07, 6.45) is 1.23. The molecule has 0 fully saturated rings. The van der Waals surface area contributed by atoms with Gasteiger partial charge < -0.3 is 5.11 Å². The number of nitrogens with zero attached hydrogens (tertiary/aromatic N) is 2. The van der Waals surface area contributed by atoms with Crippen LogP contribution in [-0.4, -0.2) is 20.9 Å². The highest BCUT2D eigenvalue weighted by Crippen LogP contribution is 2.18. The first-order chi connectivity index (χ1) is 12.1. The maximum Gasteiger partial charge on any atom is 0.331 e. The van der Waals surface area contributed by atoms with E-state index in [0.717, 1.165) is 4.57 Å². The van der Waals surface area contributed by atoms with Crippen LogP contribution < -0.4 is 11.2 Å². The summed E-state index contributed by atoms with van der Waals surface area (Å²) >= 11 is 6.10. The quantitative estimate of drug-likeness (QED) is 0.705. The number of aromatic amines is 1. The maximum atomic E-state index is 12.1. The first kappa shape index (κ1) is 16.7. The molecule has 0 aliphatic rings. The summed E-state index contributed by atoms with van der Waals surface area (Å²) in [5.74, 6) is -0.464. The normalized spacial score (nSPS) is 11.1. The van der Waals surface area contributed by atoms with Crippen molar-refractivity contribution in [3.63, 3.8) is 0 Å². The Kier molecular flexibility index (Phi) is 4.81. The topological polar surface area (TPSA) is 87.5 Å². The lowest BCUT2D eigenvalue weighted by Crippen LogP contribution is -2.32. The van der Waals surface area contributed by atoms with E-state index < -0.39 is 17.1 Å². The Morgan fingerprint density at radius 2 is 1.76 bits per heavy atom. The lowest BCUT2D eigenvalue weighted by Gasteiger charge is -2.10. The van der Waals surface area contributed by atoms with Crippen molar-refractivity contribution in [1.82, 2.24) is 9.55 Å². The van der Waals surface area contributed by atoms with Crippen molar-refractivity contribution in [2.24, 2.45) is 4.99 Å². The molecule has 1 heterocycles. The Hall–Kier alpha value is -3.12. The molecule has 3 rings (SSSR count). The number of hydrogen-bond acceptors (Lipinski definition) is 4. The van der Waals surface area contributed by atoms with Crippen molar-refractivity contribution < 1.29 is 5.11 Å². The number of benzene rings is 2. The second-order valence-corrected chi connectivity index (χ2v) is 5.68. The minimum atomic E-state index is -0.723. The first-order valence-corrected chi connectivity index (χ1v) is 7.82. The highest BCUT2D eigenvalue weighted by molar-refractivity contribution is 6.31. The molecule has 6 nitrogen and oxygen atoms in total. The van der Waals surface area contributed by atoms with Gasteiger partial charge >= 0.3 is 5.69 Å². The SMILES string of the molecule is O=c1[nH]c(=O)n(Cc2ccccc2Cl)c(O)c1C=Nc1ccccc1. The van der Waals surface area contributed by atoms with Gasteiger partial charge in [0.1, 0.15) is 5.56 Å². The van der Waals surface area contributed by atoms with Gasteiger partial charge in [-0.15, -0.1) is 0 Å². The summed E-state index contributed by atoms with van der Waals surface area (Å²) in [4.78, 5) is 30.4. The lowest BCUT2D eigenvalue weighted by molar-refractivity contribution is 0.408. The molecule has 0 radical (unpaired) electrons. The Labute approximate surface area is 147 Å². The molecule has 0 aliphatic heterocycles. The molecule has 0 saturated heterocycles. The lowest BCUT2D eigenvalue weighted by atomic mass is 10.2. The van der Waals surface area contributed by atoms with Crippen LogP contribution in [0.1, 0.15) is 11.1 Å². The van der Waals surface area contributed by atoms with Gasteiger partial charge in [-0.25, -0.2) is 4.79 Å². The van der Waals surface area contributed by atoms with Gasteiger partial charge in [0.15, 0.2) is 0 Å². The van der Waals surface area contributed by atoms with Crippen LogP contribution in [0.25, 0.3) is 0 Å². The fraction of sp³-hybridized carbons (Fsp3) is 0.0556. The molecule has 0 saturated carbocycles. The van der Waals surface area contributed by atoms with E-state index in [1.54, 1.807) is 48.5 Å². The van der Waals surface area contributed by atoms with Gasteiger partial charge in [0, 0.05) is 11.2 Å². The molecule has 2 aromatic carbocycles. The Balaban J connectivity index is 2.03. The van der Waals surface area contributed by atoms with E-state index in [0.29, 0.717) is 16.3 Å². The third kappa shape index (κ3) is 3.70. The van der Waals surface area contributed by atoms with Crippen LogP contribution in [0, 0.1) is 0 Å². The molecule has 0 unspecified atom stereocenters. The van der Waals surface area contributed by atoms with Gasteiger partial charge in [-0.1, -0.05) is 48.0 Å². The van der Waals surface area contributed by atoms with Crippen molar-refractivity contribution in [2.45, 2.75) is 6.54 Å². The molecule has 0 spiro atoms. The number of para-hydroxylation sites is 1. The van der Waals surface area contributed by atoms with Crippen molar-refractivity contribution in [3.8, 4) is 5.88 Å². The average Bonchev–Trinajstić information content (AvgIpc) is 2.60. The standard InChI is InChI=1S/C18H14ClN3O3/c19-15-9-5-4-6-12(15)11-22-17(24)14(16(23)21-18(22)25)10-20-13-7-2-1-3-8-13/h1-10,24H,11H2,(H,21,23,25). The molecular weight excluding hydrogens is 342 g/mol. The summed E-state index contributed by atoms with van der Waals surface area (Å²) < 4.78 is 1.04. The molecule has 0 atom stereocenters. The second kappa shape index (κ2) is 7.19. The summed E-state index contributed by atoms with van der Waals surface area (Å²) in [5.41, 5.74) is -0.280. The average molecular weight is 356 g/mol. The van der Waals surface area contributed by atoms with Crippen LogP contribution in [-0.2, 0) is 6.54 Å². The monoisotopic (exact) mass is 355 g/mol. The molecule has 1 aromatic heterocycles. The van der Waals surface area contributed by atoms with Gasteiger partial charge in [-0.2, -0.15) is 0 Å². The first-order valence-electron chi connectivity index (χ1n) is 7.45. The maximum absolute atomic E-state index is 12.1. The number of halogens is 1. The summed E-state index contributed by atoms with van der Waals surface area (Å²) in [5, 5.41) is 10.8. The molecule has 3 aromatic rings. The minimum absolute atomic E-state index is 0.0211. The fourth-order valence-electron chi connectivity index (χ4n) is 2.29. The smallest absolute Gasteiger partial charge is 0.331 e. The summed E-state index contributed by atoms with van der Waals surface area (Å²) in [6, 6.07) is 15.9. The molecule has 0 aliphatic carbocycles. The number of aromatic nitrogens is 2. The zero-order valence-corrected chi connectivity index (χ0v) is 13.8. The molecule has 0 amide bonds. The summed E-state index contributed by atoms with van der Waals surface area (Å²) in [6.45, 7) is 0.0211. The van der Waals surface area contributed by atoms with E-state index in [1.807, 2.05) is 6.07 Å². The highest BCUT2D eigenvalue weighted by atomic mass is 35.5. The zero-order chi connectivity index (χ0) is 17.8. The molecule has 25 heavy (non-hydrogen) atoms. The largest absolute Gasteiger partial charge is 0.494 e. The van der Waals surface area contributed by atoms with E-state index in [4.69, 9.17) is 11.6 Å².